The topological polar surface area (TPSA) is 115 Å². The van der Waals surface area contributed by atoms with Crippen molar-refractivity contribution in [1.29, 1.82) is 0 Å². The smallest absolute Gasteiger partial charge is 0.272 e. The second kappa shape index (κ2) is 7.56. The Morgan fingerprint density at radius 1 is 1.23 bits per heavy atom. The van der Waals surface area contributed by atoms with Crippen molar-refractivity contribution in [1.82, 2.24) is 35.0 Å². The van der Waals surface area contributed by atoms with Gasteiger partial charge in [-0.3, -0.25) is 14.6 Å². The minimum atomic E-state index is -0.455. The lowest BCUT2D eigenvalue weighted by molar-refractivity contribution is -0.00607. The summed E-state index contributed by atoms with van der Waals surface area (Å²) in [5.74, 6) is 0.555. The Hall–Kier alpha value is -3.79. The number of hydrogen-bond acceptors (Lipinski definition) is 7. The molecule has 4 aromatic rings. The van der Waals surface area contributed by atoms with Crippen LogP contribution in [0.15, 0.2) is 53.3 Å². The molecule has 3 aromatic heterocycles. The predicted octanol–water partition coefficient (Wildman–Crippen LogP) is 2.07. The van der Waals surface area contributed by atoms with E-state index in [0.29, 0.717) is 41.8 Å². The molecule has 10 nitrogen and oxygen atoms in total. The van der Waals surface area contributed by atoms with Crippen LogP contribution in [0.25, 0.3) is 22.7 Å². The number of benzene rings is 1. The number of aryl methyl sites for hydroxylation is 1. The summed E-state index contributed by atoms with van der Waals surface area (Å²) in [4.78, 5) is 19.4. The number of carbonyl (C=O) groups excluding carboxylic acids is 1. The molecular formula is C20H19N7O3. The molecule has 1 fully saturated rings. The SMILES string of the molecule is Cn1cc(-c2nc([C@@H]3COCCN3C(=O)c3cc(-c4ccccc4)n[nH]3)no2)cn1. The Balaban J connectivity index is 1.40. The molecule has 1 aromatic carbocycles. The van der Waals surface area contributed by atoms with Crippen LogP contribution in [0.3, 0.4) is 0 Å². The van der Waals surface area contributed by atoms with Crippen LogP contribution in [-0.2, 0) is 11.8 Å². The van der Waals surface area contributed by atoms with Crippen molar-refractivity contribution in [2.24, 2.45) is 7.05 Å². The monoisotopic (exact) mass is 405 g/mol. The third-order valence-electron chi connectivity index (χ3n) is 4.96. The van der Waals surface area contributed by atoms with Gasteiger partial charge in [-0.05, 0) is 6.07 Å². The molecule has 0 bridgehead atoms. The number of nitrogens with zero attached hydrogens (tertiary/aromatic N) is 6. The lowest BCUT2D eigenvalue weighted by atomic mass is 10.1. The molecule has 0 radical (unpaired) electrons. The van der Waals surface area contributed by atoms with Crippen LogP contribution in [0.4, 0.5) is 0 Å². The number of aromatic amines is 1. The van der Waals surface area contributed by atoms with Crippen molar-refractivity contribution in [3.8, 4) is 22.7 Å². The summed E-state index contributed by atoms with van der Waals surface area (Å²) in [6.45, 7) is 1.15. The van der Waals surface area contributed by atoms with Gasteiger partial charge in [0.25, 0.3) is 11.8 Å². The molecule has 5 rings (SSSR count). The van der Waals surface area contributed by atoms with Crippen molar-refractivity contribution < 1.29 is 14.1 Å². The standard InChI is InChI=1S/C20H19N7O3/c1-26-11-14(10-21-26)19-22-18(25-30-19)17-12-29-8-7-27(17)20(28)16-9-15(23-24-16)13-5-3-2-4-6-13/h2-6,9-11,17H,7-8,12H2,1H3,(H,23,24)/t17-/m0/s1. The maximum atomic E-state index is 13.2. The van der Waals surface area contributed by atoms with Crippen molar-refractivity contribution in [2.45, 2.75) is 6.04 Å². The highest BCUT2D eigenvalue weighted by Gasteiger charge is 2.34. The Morgan fingerprint density at radius 3 is 2.90 bits per heavy atom. The van der Waals surface area contributed by atoms with E-state index in [2.05, 4.69) is 25.4 Å². The zero-order valence-corrected chi connectivity index (χ0v) is 16.2. The first-order valence-corrected chi connectivity index (χ1v) is 9.51. The Kier molecular flexibility index (Phi) is 4.60. The zero-order valence-electron chi connectivity index (χ0n) is 16.2. The number of morpholine rings is 1. The van der Waals surface area contributed by atoms with Crippen molar-refractivity contribution in [3.63, 3.8) is 0 Å². The molecule has 1 N–H and O–H groups in total. The number of carbonyl (C=O) groups is 1. The first-order valence-electron chi connectivity index (χ1n) is 9.51. The summed E-state index contributed by atoms with van der Waals surface area (Å²) >= 11 is 0. The van der Waals surface area contributed by atoms with E-state index in [1.165, 1.54) is 0 Å². The van der Waals surface area contributed by atoms with Crippen LogP contribution < -0.4 is 0 Å². The molecule has 1 aliphatic heterocycles. The van der Waals surface area contributed by atoms with Gasteiger partial charge in [-0.15, -0.1) is 0 Å². The fourth-order valence-corrected chi connectivity index (χ4v) is 3.42. The number of nitrogens with one attached hydrogen (secondary N) is 1. The molecule has 1 aliphatic rings. The van der Waals surface area contributed by atoms with Gasteiger partial charge in [-0.2, -0.15) is 15.2 Å². The minimum Gasteiger partial charge on any atom is -0.377 e. The number of hydrogen-bond donors (Lipinski definition) is 1. The first kappa shape index (κ1) is 18.3. The van der Waals surface area contributed by atoms with Crippen LogP contribution in [-0.4, -0.2) is 60.7 Å². The van der Waals surface area contributed by atoms with Crippen LogP contribution in [0.2, 0.25) is 0 Å². The van der Waals surface area contributed by atoms with E-state index < -0.39 is 6.04 Å². The van der Waals surface area contributed by atoms with Gasteiger partial charge in [0.05, 0.1) is 30.7 Å². The number of H-pyrrole nitrogens is 1. The Labute approximate surface area is 171 Å². The lowest BCUT2D eigenvalue weighted by Crippen LogP contribution is -2.44. The van der Waals surface area contributed by atoms with Gasteiger partial charge >= 0.3 is 0 Å². The largest absolute Gasteiger partial charge is 0.377 e. The van der Waals surface area contributed by atoms with Crippen molar-refractivity contribution in [3.05, 3.63) is 60.3 Å². The molecule has 0 saturated carbocycles. The third kappa shape index (κ3) is 3.37. The molecule has 0 aliphatic carbocycles. The second-order valence-electron chi connectivity index (χ2n) is 6.98. The third-order valence-corrected chi connectivity index (χ3v) is 4.96. The van der Waals surface area contributed by atoms with Crippen LogP contribution in [0, 0.1) is 0 Å². The van der Waals surface area contributed by atoms with E-state index in [0.717, 1.165) is 5.56 Å². The maximum absolute atomic E-state index is 13.2. The molecule has 152 valence electrons. The number of amides is 1. The van der Waals surface area contributed by atoms with Crippen molar-refractivity contribution >= 4 is 5.91 Å². The van der Waals surface area contributed by atoms with Gasteiger partial charge in [0.1, 0.15) is 11.7 Å². The number of ether oxygens (including phenoxy) is 1. The van der Waals surface area contributed by atoms with E-state index in [-0.39, 0.29) is 12.5 Å². The molecule has 0 unspecified atom stereocenters. The summed E-state index contributed by atoms with van der Waals surface area (Å²) < 4.78 is 12.6. The average Bonchev–Trinajstić information content (AvgIpc) is 3.54. The molecule has 1 atom stereocenters. The molecule has 30 heavy (non-hydrogen) atoms. The first-order chi connectivity index (χ1) is 14.7. The second-order valence-corrected chi connectivity index (χ2v) is 6.98. The van der Waals surface area contributed by atoms with Crippen LogP contribution in [0.5, 0.6) is 0 Å². The molecule has 0 spiro atoms. The van der Waals surface area contributed by atoms with Gasteiger partial charge < -0.3 is 14.2 Å². The normalized spacial score (nSPS) is 16.7. The van der Waals surface area contributed by atoms with Crippen molar-refractivity contribution in [2.75, 3.05) is 19.8 Å². The maximum Gasteiger partial charge on any atom is 0.272 e. The number of aromatic nitrogens is 6. The van der Waals surface area contributed by atoms with Crippen LogP contribution in [0.1, 0.15) is 22.4 Å². The summed E-state index contributed by atoms with van der Waals surface area (Å²) in [5.41, 5.74) is 2.76. The zero-order chi connectivity index (χ0) is 20.5. The predicted molar refractivity (Wildman–Crippen MR) is 105 cm³/mol. The lowest BCUT2D eigenvalue weighted by Gasteiger charge is -2.33. The van der Waals surface area contributed by atoms with E-state index >= 15 is 0 Å². The fourth-order valence-electron chi connectivity index (χ4n) is 3.42. The van der Waals surface area contributed by atoms with Gasteiger partial charge in [-0.25, -0.2) is 0 Å². The van der Waals surface area contributed by atoms with Gasteiger partial charge in [0.2, 0.25) is 0 Å². The molecule has 1 saturated heterocycles. The Morgan fingerprint density at radius 2 is 2.10 bits per heavy atom. The summed E-state index contributed by atoms with van der Waals surface area (Å²) in [5, 5.41) is 15.3. The molecule has 4 heterocycles. The number of rotatable bonds is 4. The molecule has 10 heteroatoms. The van der Waals surface area contributed by atoms with Gasteiger partial charge in [0.15, 0.2) is 5.82 Å². The highest BCUT2D eigenvalue weighted by molar-refractivity contribution is 5.93. The van der Waals surface area contributed by atoms with Crippen LogP contribution >= 0.6 is 0 Å². The highest BCUT2D eigenvalue weighted by Crippen LogP contribution is 2.27. The highest BCUT2D eigenvalue weighted by atomic mass is 16.5. The minimum absolute atomic E-state index is 0.189. The summed E-state index contributed by atoms with van der Waals surface area (Å²) in [6.07, 6.45) is 3.43. The van der Waals surface area contributed by atoms with Gasteiger partial charge in [-0.1, -0.05) is 35.5 Å². The quantitative estimate of drug-likeness (QED) is 0.553. The van der Waals surface area contributed by atoms with Gasteiger partial charge in [0, 0.05) is 25.4 Å². The molecular weight excluding hydrogens is 386 g/mol. The van der Waals surface area contributed by atoms with E-state index in [4.69, 9.17) is 9.26 Å². The fraction of sp³-hybridized carbons (Fsp3) is 0.250. The molecule has 1 amide bonds. The van der Waals surface area contributed by atoms with E-state index in [1.54, 1.807) is 28.0 Å². The Bertz CT molecular complexity index is 1160. The average molecular weight is 405 g/mol. The summed E-state index contributed by atoms with van der Waals surface area (Å²) in [7, 11) is 1.81. The summed E-state index contributed by atoms with van der Waals surface area (Å²) in [6, 6.07) is 11.0. The van der Waals surface area contributed by atoms with E-state index in [1.807, 2.05) is 37.4 Å². The van der Waals surface area contributed by atoms with E-state index in [9.17, 15) is 4.79 Å².